The lowest BCUT2D eigenvalue weighted by Crippen LogP contribution is -2.31. The summed E-state index contributed by atoms with van der Waals surface area (Å²) >= 11 is 0. The van der Waals surface area contributed by atoms with Gasteiger partial charge >= 0.3 is 0 Å². The van der Waals surface area contributed by atoms with Crippen LogP contribution in [0.1, 0.15) is 24.4 Å². The van der Waals surface area contributed by atoms with Gasteiger partial charge in [-0.25, -0.2) is 0 Å². The number of hydrogen-bond donors (Lipinski definition) is 1. The van der Waals surface area contributed by atoms with E-state index in [0.717, 1.165) is 19.4 Å². The van der Waals surface area contributed by atoms with Gasteiger partial charge in [0, 0.05) is 12.0 Å². The average Bonchev–Trinajstić information content (AvgIpc) is 2.30. The fourth-order valence-electron chi connectivity index (χ4n) is 1.97. The molecule has 0 bridgehead atoms. The van der Waals surface area contributed by atoms with Crippen LogP contribution in [0.5, 0.6) is 0 Å². The number of benzene rings is 1. The number of nitriles is 1. The van der Waals surface area contributed by atoms with Gasteiger partial charge in [-0.3, -0.25) is 0 Å². The lowest BCUT2D eigenvalue weighted by molar-refractivity contribution is 0.356. The summed E-state index contributed by atoms with van der Waals surface area (Å²) in [6.07, 6.45) is 1.93. The van der Waals surface area contributed by atoms with Gasteiger partial charge in [0.2, 0.25) is 0 Å². The molecule has 1 aromatic carbocycles. The summed E-state index contributed by atoms with van der Waals surface area (Å²) in [7, 11) is 0. The first-order chi connectivity index (χ1) is 6.90. The van der Waals surface area contributed by atoms with E-state index in [2.05, 4.69) is 23.5 Å². The highest BCUT2D eigenvalue weighted by atomic mass is 14.9. The van der Waals surface area contributed by atoms with Crippen molar-refractivity contribution in [2.24, 2.45) is 5.92 Å². The Morgan fingerprint density at radius 2 is 2.07 bits per heavy atom. The van der Waals surface area contributed by atoms with Crippen LogP contribution in [0.2, 0.25) is 0 Å². The molecule has 2 heteroatoms. The van der Waals surface area contributed by atoms with Gasteiger partial charge in [-0.05, 0) is 24.9 Å². The number of nitrogens with one attached hydrogen (secondary N) is 1. The monoisotopic (exact) mass is 186 g/mol. The minimum atomic E-state index is 0.224. The summed E-state index contributed by atoms with van der Waals surface area (Å²) in [4.78, 5) is 0. The van der Waals surface area contributed by atoms with Crippen molar-refractivity contribution in [3.8, 4) is 6.07 Å². The molecule has 0 amide bonds. The molecule has 1 heterocycles. The molecule has 2 unspecified atom stereocenters. The normalized spacial score (nSPS) is 26.8. The molecule has 1 saturated heterocycles. The molecule has 1 aliphatic heterocycles. The van der Waals surface area contributed by atoms with E-state index in [1.54, 1.807) is 0 Å². The van der Waals surface area contributed by atoms with E-state index in [9.17, 15) is 0 Å². The third kappa shape index (κ3) is 1.94. The van der Waals surface area contributed by atoms with Crippen LogP contribution < -0.4 is 5.32 Å². The standard InChI is InChI=1S/C12H14N2/c13-9-10-6-7-14-12(8-10)11-4-2-1-3-5-11/h1-5,10,12,14H,6-8H2. The quantitative estimate of drug-likeness (QED) is 0.730. The highest BCUT2D eigenvalue weighted by Crippen LogP contribution is 2.26. The first-order valence-corrected chi connectivity index (χ1v) is 5.08. The van der Waals surface area contributed by atoms with Crippen LogP contribution >= 0.6 is 0 Å². The molecule has 2 rings (SSSR count). The maximum atomic E-state index is 8.88. The number of rotatable bonds is 1. The Labute approximate surface area is 84.6 Å². The number of hydrogen-bond acceptors (Lipinski definition) is 2. The maximum Gasteiger partial charge on any atom is 0.0657 e. The van der Waals surface area contributed by atoms with Crippen molar-refractivity contribution in [2.45, 2.75) is 18.9 Å². The molecular weight excluding hydrogens is 172 g/mol. The number of piperidine rings is 1. The topological polar surface area (TPSA) is 35.8 Å². The largest absolute Gasteiger partial charge is 0.310 e. The second-order valence-electron chi connectivity index (χ2n) is 3.77. The van der Waals surface area contributed by atoms with E-state index >= 15 is 0 Å². The molecule has 0 saturated carbocycles. The Kier molecular flexibility index (Phi) is 2.81. The van der Waals surface area contributed by atoms with Crippen LogP contribution in [-0.4, -0.2) is 6.54 Å². The molecule has 72 valence electrons. The van der Waals surface area contributed by atoms with Gasteiger partial charge in [0.05, 0.1) is 6.07 Å². The Bertz CT molecular complexity index is 326. The molecule has 0 aliphatic carbocycles. The van der Waals surface area contributed by atoms with Gasteiger partial charge in [-0.15, -0.1) is 0 Å². The Hall–Kier alpha value is -1.33. The van der Waals surface area contributed by atoms with Crippen molar-refractivity contribution in [3.63, 3.8) is 0 Å². The minimum Gasteiger partial charge on any atom is -0.310 e. The van der Waals surface area contributed by atoms with Crippen LogP contribution in [0.3, 0.4) is 0 Å². The SMILES string of the molecule is N#CC1CCNC(c2ccccc2)C1. The van der Waals surface area contributed by atoms with Gasteiger partial charge in [-0.1, -0.05) is 30.3 Å². The predicted octanol–water partition coefficient (Wildman–Crippen LogP) is 2.25. The van der Waals surface area contributed by atoms with Crippen molar-refractivity contribution in [1.29, 1.82) is 5.26 Å². The van der Waals surface area contributed by atoms with Gasteiger partial charge in [0.25, 0.3) is 0 Å². The van der Waals surface area contributed by atoms with Crippen LogP contribution in [0, 0.1) is 17.2 Å². The van der Waals surface area contributed by atoms with Gasteiger partial charge in [0.15, 0.2) is 0 Å². The van der Waals surface area contributed by atoms with E-state index in [-0.39, 0.29) is 5.92 Å². The van der Waals surface area contributed by atoms with Crippen LogP contribution in [-0.2, 0) is 0 Å². The molecule has 14 heavy (non-hydrogen) atoms. The zero-order valence-corrected chi connectivity index (χ0v) is 8.11. The molecule has 2 nitrogen and oxygen atoms in total. The van der Waals surface area contributed by atoms with Gasteiger partial charge in [0.1, 0.15) is 0 Å². The zero-order chi connectivity index (χ0) is 9.80. The van der Waals surface area contributed by atoms with Crippen molar-refractivity contribution < 1.29 is 0 Å². The average molecular weight is 186 g/mol. The summed E-state index contributed by atoms with van der Waals surface area (Å²) in [5.41, 5.74) is 1.30. The second-order valence-corrected chi connectivity index (χ2v) is 3.77. The van der Waals surface area contributed by atoms with Gasteiger partial charge in [-0.2, -0.15) is 5.26 Å². The first-order valence-electron chi connectivity index (χ1n) is 5.08. The molecule has 1 aliphatic rings. The van der Waals surface area contributed by atoms with E-state index in [4.69, 9.17) is 5.26 Å². The summed E-state index contributed by atoms with van der Waals surface area (Å²) < 4.78 is 0. The summed E-state index contributed by atoms with van der Waals surface area (Å²) in [5, 5.41) is 12.3. The maximum absolute atomic E-state index is 8.88. The Balaban J connectivity index is 2.09. The van der Waals surface area contributed by atoms with E-state index in [0.29, 0.717) is 6.04 Å². The first kappa shape index (κ1) is 9.23. The molecule has 2 atom stereocenters. The molecular formula is C12H14N2. The zero-order valence-electron chi connectivity index (χ0n) is 8.11. The van der Waals surface area contributed by atoms with Crippen LogP contribution in [0.15, 0.2) is 30.3 Å². The smallest absolute Gasteiger partial charge is 0.0657 e. The van der Waals surface area contributed by atoms with Crippen molar-refractivity contribution in [2.75, 3.05) is 6.54 Å². The molecule has 0 spiro atoms. The van der Waals surface area contributed by atoms with Crippen molar-refractivity contribution in [1.82, 2.24) is 5.32 Å². The fraction of sp³-hybridized carbons (Fsp3) is 0.417. The third-order valence-corrected chi connectivity index (χ3v) is 2.79. The summed E-state index contributed by atoms with van der Waals surface area (Å²) in [5.74, 6) is 0.224. The van der Waals surface area contributed by atoms with E-state index < -0.39 is 0 Å². The molecule has 0 radical (unpaired) electrons. The lowest BCUT2D eigenvalue weighted by atomic mass is 9.90. The summed E-state index contributed by atoms with van der Waals surface area (Å²) in [6.45, 7) is 0.956. The number of nitrogens with zero attached hydrogens (tertiary/aromatic N) is 1. The third-order valence-electron chi connectivity index (χ3n) is 2.79. The molecule has 1 N–H and O–H groups in total. The van der Waals surface area contributed by atoms with Crippen molar-refractivity contribution >= 4 is 0 Å². The van der Waals surface area contributed by atoms with Gasteiger partial charge < -0.3 is 5.32 Å². The highest BCUT2D eigenvalue weighted by molar-refractivity contribution is 5.19. The lowest BCUT2D eigenvalue weighted by Gasteiger charge is -2.26. The van der Waals surface area contributed by atoms with Crippen LogP contribution in [0.25, 0.3) is 0 Å². The molecule has 1 fully saturated rings. The minimum absolute atomic E-state index is 0.224. The van der Waals surface area contributed by atoms with E-state index in [1.807, 2.05) is 18.2 Å². The van der Waals surface area contributed by atoms with Crippen LogP contribution in [0.4, 0.5) is 0 Å². The highest BCUT2D eigenvalue weighted by Gasteiger charge is 2.21. The van der Waals surface area contributed by atoms with Crippen molar-refractivity contribution in [3.05, 3.63) is 35.9 Å². The predicted molar refractivity (Wildman–Crippen MR) is 55.5 cm³/mol. The van der Waals surface area contributed by atoms with E-state index in [1.165, 1.54) is 5.56 Å². The fourth-order valence-corrected chi connectivity index (χ4v) is 1.97. The molecule has 1 aromatic rings. The Morgan fingerprint density at radius 3 is 2.79 bits per heavy atom. The molecule has 0 aromatic heterocycles. The second kappa shape index (κ2) is 4.26. The Morgan fingerprint density at radius 1 is 1.29 bits per heavy atom. The summed E-state index contributed by atoms with van der Waals surface area (Å²) in [6, 6.07) is 13.1.